The van der Waals surface area contributed by atoms with Gasteiger partial charge in [0.15, 0.2) is 9.84 Å². The van der Waals surface area contributed by atoms with Gasteiger partial charge < -0.3 is 4.90 Å². The Labute approximate surface area is 114 Å². The van der Waals surface area contributed by atoms with E-state index in [1.54, 1.807) is 4.90 Å². The normalized spacial score (nSPS) is 30.3. The maximum Gasteiger partial charge on any atom is 0.227 e. The molecule has 0 aromatic heterocycles. The Kier molecular flexibility index (Phi) is 4.28. The van der Waals surface area contributed by atoms with Crippen molar-refractivity contribution in [2.45, 2.75) is 45.1 Å². The lowest BCUT2D eigenvalue weighted by molar-refractivity contribution is -0.139. The van der Waals surface area contributed by atoms with Gasteiger partial charge >= 0.3 is 0 Å². The fourth-order valence-corrected chi connectivity index (χ4v) is 4.79. The van der Waals surface area contributed by atoms with Crippen LogP contribution in [0.3, 0.4) is 0 Å². The van der Waals surface area contributed by atoms with E-state index in [1.165, 1.54) is 6.92 Å². The van der Waals surface area contributed by atoms with Gasteiger partial charge in [0.2, 0.25) is 5.91 Å². The van der Waals surface area contributed by atoms with Crippen LogP contribution in [0, 0.1) is 5.92 Å². The molecule has 2 aliphatic rings. The van der Waals surface area contributed by atoms with Gasteiger partial charge in [0.05, 0.1) is 17.4 Å². The molecule has 2 atom stereocenters. The highest BCUT2D eigenvalue weighted by Gasteiger charge is 2.38. The minimum absolute atomic E-state index is 0.0187. The number of carbonyl (C=O) groups excluding carboxylic acids is 2. The van der Waals surface area contributed by atoms with Crippen LogP contribution >= 0.6 is 0 Å². The summed E-state index contributed by atoms with van der Waals surface area (Å²) in [6, 6.07) is -0.0259. The van der Waals surface area contributed by atoms with Crippen molar-refractivity contribution in [1.82, 2.24) is 4.90 Å². The molecule has 0 aromatic rings. The van der Waals surface area contributed by atoms with Crippen molar-refractivity contribution < 1.29 is 18.0 Å². The van der Waals surface area contributed by atoms with Crippen LogP contribution in [0.5, 0.6) is 0 Å². The highest BCUT2D eigenvalue weighted by atomic mass is 32.2. The molecule has 0 radical (unpaired) electrons. The Hall–Kier alpha value is -0.910. The van der Waals surface area contributed by atoms with Crippen molar-refractivity contribution in [1.29, 1.82) is 0 Å². The van der Waals surface area contributed by atoms with Crippen LogP contribution in [-0.4, -0.2) is 49.1 Å². The van der Waals surface area contributed by atoms with Crippen LogP contribution in [0.4, 0.5) is 0 Å². The second kappa shape index (κ2) is 5.61. The fraction of sp³-hybridized carbons (Fsp3) is 0.846. The van der Waals surface area contributed by atoms with E-state index >= 15 is 0 Å². The van der Waals surface area contributed by atoms with E-state index in [9.17, 15) is 18.0 Å². The van der Waals surface area contributed by atoms with Gasteiger partial charge in [-0.05, 0) is 32.6 Å². The van der Waals surface area contributed by atoms with E-state index in [2.05, 4.69) is 0 Å². The first-order valence-electron chi connectivity index (χ1n) is 6.89. The van der Waals surface area contributed by atoms with E-state index in [4.69, 9.17) is 0 Å². The SMILES string of the molecule is CC(=O)CC1CCCCN1C(=O)C1CCS(=O)(=O)C1. The Morgan fingerprint density at radius 2 is 1.95 bits per heavy atom. The maximum atomic E-state index is 12.4. The van der Waals surface area contributed by atoms with Crippen LogP contribution in [-0.2, 0) is 19.4 Å². The summed E-state index contributed by atoms with van der Waals surface area (Å²) in [5.74, 6) is -0.266. The van der Waals surface area contributed by atoms with E-state index in [-0.39, 0.29) is 29.2 Å². The van der Waals surface area contributed by atoms with Crippen molar-refractivity contribution in [3.05, 3.63) is 0 Å². The summed E-state index contributed by atoms with van der Waals surface area (Å²) in [6.07, 6.45) is 3.66. The molecule has 2 saturated heterocycles. The lowest BCUT2D eigenvalue weighted by Gasteiger charge is -2.36. The first kappa shape index (κ1) is 14.5. The molecule has 2 heterocycles. The van der Waals surface area contributed by atoms with Gasteiger partial charge in [0.25, 0.3) is 0 Å². The molecule has 5 nitrogen and oxygen atoms in total. The Bertz CT molecular complexity index is 471. The number of carbonyl (C=O) groups is 2. The number of nitrogens with zero attached hydrogens (tertiary/aromatic N) is 1. The smallest absolute Gasteiger partial charge is 0.227 e. The van der Waals surface area contributed by atoms with Gasteiger partial charge in [-0.25, -0.2) is 8.42 Å². The third-order valence-electron chi connectivity index (χ3n) is 4.01. The van der Waals surface area contributed by atoms with Gasteiger partial charge in [0.1, 0.15) is 5.78 Å². The average Bonchev–Trinajstić information content (AvgIpc) is 2.69. The quantitative estimate of drug-likeness (QED) is 0.769. The second-order valence-corrected chi connectivity index (χ2v) is 7.92. The van der Waals surface area contributed by atoms with Crippen LogP contribution in [0.15, 0.2) is 0 Å². The highest BCUT2D eigenvalue weighted by molar-refractivity contribution is 7.91. The summed E-state index contributed by atoms with van der Waals surface area (Å²) in [5.41, 5.74) is 0. The molecular weight excluding hydrogens is 266 g/mol. The third kappa shape index (κ3) is 3.55. The molecule has 0 N–H and O–H groups in total. The molecule has 1 amide bonds. The van der Waals surface area contributed by atoms with Gasteiger partial charge in [-0.1, -0.05) is 0 Å². The van der Waals surface area contributed by atoms with E-state index < -0.39 is 15.8 Å². The lowest BCUT2D eigenvalue weighted by Crippen LogP contribution is -2.47. The van der Waals surface area contributed by atoms with Crippen molar-refractivity contribution in [2.75, 3.05) is 18.1 Å². The number of Topliss-reactive ketones (excluding diaryl/α,β-unsaturated/α-hetero) is 1. The highest BCUT2D eigenvalue weighted by Crippen LogP contribution is 2.26. The molecule has 0 spiro atoms. The summed E-state index contributed by atoms with van der Waals surface area (Å²) < 4.78 is 22.9. The number of piperidine rings is 1. The number of rotatable bonds is 3. The molecule has 0 bridgehead atoms. The first-order chi connectivity index (χ1) is 8.89. The summed E-state index contributed by atoms with van der Waals surface area (Å²) in [4.78, 5) is 25.5. The zero-order chi connectivity index (χ0) is 14.0. The monoisotopic (exact) mass is 287 g/mol. The van der Waals surface area contributed by atoms with E-state index in [0.29, 0.717) is 19.4 Å². The van der Waals surface area contributed by atoms with Gasteiger partial charge in [0, 0.05) is 19.0 Å². The molecule has 2 rings (SSSR count). The minimum Gasteiger partial charge on any atom is -0.339 e. The number of ketones is 1. The van der Waals surface area contributed by atoms with Crippen molar-refractivity contribution in [3.63, 3.8) is 0 Å². The van der Waals surface area contributed by atoms with Crippen molar-refractivity contribution >= 4 is 21.5 Å². The third-order valence-corrected chi connectivity index (χ3v) is 5.78. The second-order valence-electron chi connectivity index (χ2n) is 5.69. The minimum atomic E-state index is -3.03. The Morgan fingerprint density at radius 3 is 2.53 bits per heavy atom. The maximum absolute atomic E-state index is 12.4. The number of sulfone groups is 1. The molecule has 0 aromatic carbocycles. The summed E-state index contributed by atoms with van der Waals surface area (Å²) in [7, 11) is -3.03. The number of hydrogen-bond acceptors (Lipinski definition) is 4. The van der Waals surface area contributed by atoms with Crippen molar-refractivity contribution in [3.8, 4) is 0 Å². The average molecular weight is 287 g/mol. The molecular formula is C13H21NO4S. The zero-order valence-electron chi connectivity index (χ0n) is 11.3. The Balaban J connectivity index is 2.05. The zero-order valence-corrected chi connectivity index (χ0v) is 12.1. The standard InChI is InChI=1S/C13H21NO4S/c1-10(15)8-12-4-2-3-6-14(12)13(16)11-5-7-19(17,18)9-11/h11-12H,2-9H2,1H3. The van der Waals surface area contributed by atoms with Gasteiger partial charge in [-0.15, -0.1) is 0 Å². The number of amides is 1. The molecule has 2 fully saturated rings. The lowest BCUT2D eigenvalue weighted by atomic mass is 9.95. The predicted molar refractivity (Wildman–Crippen MR) is 71.4 cm³/mol. The van der Waals surface area contributed by atoms with Crippen LogP contribution < -0.4 is 0 Å². The molecule has 108 valence electrons. The Morgan fingerprint density at radius 1 is 1.21 bits per heavy atom. The molecule has 19 heavy (non-hydrogen) atoms. The topological polar surface area (TPSA) is 71.5 Å². The summed E-state index contributed by atoms with van der Waals surface area (Å²) in [5, 5.41) is 0. The van der Waals surface area contributed by atoms with Crippen LogP contribution in [0.2, 0.25) is 0 Å². The summed E-state index contributed by atoms with van der Waals surface area (Å²) in [6.45, 7) is 2.20. The predicted octanol–water partition coefficient (Wildman–Crippen LogP) is 0.781. The first-order valence-corrected chi connectivity index (χ1v) is 8.71. The van der Waals surface area contributed by atoms with Crippen LogP contribution in [0.1, 0.15) is 39.0 Å². The molecule has 0 saturated carbocycles. The summed E-state index contributed by atoms with van der Waals surface area (Å²) >= 11 is 0. The number of hydrogen-bond donors (Lipinski definition) is 0. The van der Waals surface area contributed by atoms with Gasteiger partial charge in [-0.2, -0.15) is 0 Å². The fourth-order valence-electron chi connectivity index (χ4n) is 3.06. The van der Waals surface area contributed by atoms with Crippen LogP contribution in [0.25, 0.3) is 0 Å². The van der Waals surface area contributed by atoms with E-state index in [1.807, 2.05) is 0 Å². The molecule has 2 aliphatic heterocycles. The molecule has 6 heteroatoms. The molecule has 0 aliphatic carbocycles. The number of likely N-dealkylation sites (tertiary alicyclic amines) is 1. The largest absolute Gasteiger partial charge is 0.339 e. The molecule has 2 unspecified atom stereocenters. The van der Waals surface area contributed by atoms with Crippen molar-refractivity contribution in [2.24, 2.45) is 5.92 Å². The van der Waals surface area contributed by atoms with Gasteiger partial charge in [-0.3, -0.25) is 9.59 Å². The van der Waals surface area contributed by atoms with E-state index in [0.717, 1.165) is 19.3 Å².